The molecule has 0 radical (unpaired) electrons. The molecule has 0 heterocycles. The molecule has 1 unspecified atom stereocenters. The Hall–Kier alpha value is -2.06. The van der Waals surface area contributed by atoms with Gasteiger partial charge in [0, 0.05) is 6.07 Å². The number of sulfonamides is 1. The van der Waals surface area contributed by atoms with Crippen molar-refractivity contribution in [3.05, 3.63) is 30.9 Å². The Morgan fingerprint density at radius 3 is 2.48 bits per heavy atom. The van der Waals surface area contributed by atoms with E-state index in [9.17, 15) is 13.2 Å². The van der Waals surface area contributed by atoms with E-state index in [1.54, 1.807) is 0 Å². The van der Waals surface area contributed by atoms with Crippen molar-refractivity contribution in [1.82, 2.24) is 4.72 Å². The van der Waals surface area contributed by atoms with Gasteiger partial charge in [0.1, 0.15) is 6.04 Å². The highest BCUT2D eigenvalue weighted by atomic mass is 32.2. The number of carboxylic acids is 1. The average molecular weight is 315 g/mol. The minimum absolute atomic E-state index is 0.0259. The minimum Gasteiger partial charge on any atom is -0.493 e. The normalized spacial score (nSPS) is 12.5. The Morgan fingerprint density at radius 2 is 2.00 bits per heavy atom. The van der Waals surface area contributed by atoms with Crippen molar-refractivity contribution in [2.75, 3.05) is 14.2 Å². The Bertz CT molecular complexity index is 626. The molecular weight excluding hydrogens is 298 g/mol. The second-order valence-corrected chi connectivity index (χ2v) is 5.77. The van der Waals surface area contributed by atoms with E-state index in [-0.39, 0.29) is 17.1 Å². The molecule has 1 aromatic carbocycles. The Kier molecular flexibility index (Phi) is 5.74. The molecule has 0 amide bonds. The van der Waals surface area contributed by atoms with E-state index in [1.807, 2.05) is 0 Å². The van der Waals surface area contributed by atoms with Gasteiger partial charge in [-0.25, -0.2) is 8.42 Å². The molecule has 0 saturated carbocycles. The molecule has 116 valence electrons. The van der Waals surface area contributed by atoms with Crippen LogP contribution in [0.3, 0.4) is 0 Å². The highest BCUT2D eigenvalue weighted by Gasteiger charge is 2.25. The van der Waals surface area contributed by atoms with Gasteiger partial charge in [-0.3, -0.25) is 4.79 Å². The summed E-state index contributed by atoms with van der Waals surface area (Å²) < 4.78 is 36.5. The van der Waals surface area contributed by atoms with Gasteiger partial charge < -0.3 is 14.6 Å². The third kappa shape index (κ3) is 4.20. The minimum atomic E-state index is -4.00. The monoisotopic (exact) mass is 315 g/mol. The third-order valence-electron chi connectivity index (χ3n) is 2.66. The summed E-state index contributed by atoms with van der Waals surface area (Å²) in [6.07, 6.45) is 1.30. The number of rotatable bonds is 8. The van der Waals surface area contributed by atoms with E-state index >= 15 is 0 Å². The number of carboxylic acid groups (broad SMARTS) is 1. The molecule has 21 heavy (non-hydrogen) atoms. The van der Waals surface area contributed by atoms with E-state index < -0.39 is 22.0 Å². The van der Waals surface area contributed by atoms with Crippen LogP contribution in [0.15, 0.2) is 35.7 Å². The maximum atomic E-state index is 12.2. The van der Waals surface area contributed by atoms with Gasteiger partial charge in [-0.1, -0.05) is 6.08 Å². The van der Waals surface area contributed by atoms with Crippen molar-refractivity contribution in [1.29, 1.82) is 0 Å². The molecule has 0 aliphatic heterocycles. The van der Waals surface area contributed by atoms with Crippen molar-refractivity contribution in [3.8, 4) is 11.5 Å². The quantitative estimate of drug-likeness (QED) is 0.694. The fourth-order valence-electron chi connectivity index (χ4n) is 1.61. The van der Waals surface area contributed by atoms with Crippen LogP contribution in [0.25, 0.3) is 0 Å². The number of nitrogens with one attached hydrogen (secondary N) is 1. The van der Waals surface area contributed by atoms with Crippen LogP contribution < -0.4 is 14.2 Å². The molecule has 0 aromatic heterocycles. The van der Waals surface area contributed by atoms with E-state index in [1.165, 1.54) is 38.5 Å². The molecule has 0 spiro atoms. The molecule has 0 bridgehead atoms. The molecule has 1 atom stereocenters. The van der Waals surface area contributed by atoms with Gasteiger partial charge in [-0.15, -0.1) is 6.58 Å². The van der Waals surface area contributed by atoms with Crippen LogP contribution >= 0.6 is 0 Å². The van der Waals surface area contributed by atoms with Crippen LogP contribution in [0.5, 0.6) is 11.5 Å². The van der Waals surface area contributed by atoms with E-state index in [4.69, 9.17) is 14.6 Å². The van der Waals surface area contributed by atoms with Crippen molar-refractivity contribution < 1.29 is 27.8 Å². The highest BCUT2D eigenvalue weighted by molar-refractivity contribution is 7.89. The van der Waals surface area contributed by atoms with Gasteiger partial charge in [-0.2, -0.15) is 4.72 Å². The molecule has 0 aliphatic rings. The first kappa shape index (κ1) is 17.0. The summed E-state index contributed by atoms with van der Waals surface area (Å²) in [5.74, 6) is -0.674. The van der Waals surface area contributed by atoms with Crippen LogP contribution in [0.2, 0.25) is 0 Å². The third-order valence-corrected chi connectivity index (χ3v) is 4.13. The predicted octanol–water partition coefficient (Wildman–Crippen LogP) is 1.01. The second-order valence-electron chi connectivity index (χ2n) is 4.05. The van der Waals surface area contributed by atoms with Crippen molar-refractivity contribution >= 4 is 16.0 Å². The van der Waals surface area contributed by atoms with Crippen LogP contribution in [0, 0.1) is 0 Å². The molecular formula is C13H17NO6S. The number of methoxy groups -OCH3 is 2. The lowest BCUT2D eigenvalue weighted by atomic mass is 10.2. The summed E-state index contributed by atoms with van der Waals surface area (Å²) in [7, 11) is -1.20. The van der Waals surface area contributed by atoms with Crippen molar-refractivity contribution in [2.24, 2.45) is 0 Å². The van der Waals surface area contributed by atoms with Gasteiger partial charge in [0.15, 0.2) is 11.5 Å². The Balaban J connectivity index is 3.12. The van der Waals surface area contributed by atoms with Gasteiger partial charge in [-0.05, 0) is 18.6 Å². The van der Waals surface area contributed by atoms with Crippen molar-refractivity contribution in [3.63, 3.8) is 0 Å². The standard InChI is InChI=1S/C13H17NO6S/c1-4-5-10(13(15)16)14-21(17,18)9-6-7-11(19-2)12(8-9)20-3/h4,6-8,10,14H,1,5H2,2-3H3,(H,15,16). The summed E-state index contributed by atoms with van der Waals surface area (Å²) in [4.78, 5) is 10.9. The van der Waals surface area contributed by atoms with Gasteiger partial charge >= 0.3 is 5.97 Å². The molecule has 8 heteroatoms. The zero-order valence-corrected chi connectivity index (χ0v) is 12.5. The molecule has 0 aliphatic carbocycles. The Morgan fingerprint density at radius 1 is 1.38 bits per heavy atom. The number of hydrogen-bond donors (Lipinski definition) is 2. The largest absolute Gasteiger partial charge is 0.493 e. The highest BCUT2D eigenvalue weighted by Crippen LogP contribution is 2.29. The lowest BCUT2D eigenvalue weighted by molar-refractivity contribution is -0.138. The number of carbonyl (C=O) groups is 1. The first-order chi connectivity index (χ1) is 9.85. The summed E-state index contributed by atoms with van der Waals surface area (Å²) in [6, 6.07) is 2.71. The SMILES string of the molecule is C=CCC(NS(=O)(=O)c1ccc(OC)c(OC)c1)C(=O)O. The topological polar surface area (TPSA) is 102 Å². The van der Waals surface area contributed by atoms with E-state index in [0.29, 0.717) is 5.75 Å². The molecule has 1 aromatic rings. The number of ether oxygens (including phenoxy) is 2. The molecule has 7 nitrogen and oxygen atoms in total. The predicted molar refractivity (Wildman–Crippen MR) is 76.1 cm³/mol. The fourth-order valence-corrected chi connectivity index (χ4v) is 2.82. The maximum Gasteiger partial charge on any atom is 0.322 e. The van der Waals surface area contributed by atoms with Crippen LogP contribution in [0.1, 0.15) is 6.42 Å². The molecule has 0 saturated heterocycles. The second kappa shape index (κ2) is 7.09. The summed E-state index contributed by atoms with van der Waals surface area (Å²) in [5, 5.41) is 8.98. The summed E-state index contributed by atoms with van der Waals surface area (Å²) >= 11 is 0. The number of aliphatic carboxylic acids is 1. The zero-order chi connectivity index (χ0) is 16.0. The zero-order valence-electron chi connectivity index (χ0n) is 11.7. The smallest absolute Gasteiger partial charge is 0.322 e. The van der Waals surface area contributed by atoms with Gasteiger partial charge in [0.2, 0.25) is 10.0 Å². The summed E-state index contributed by atoms with van der Waals surface area (Å²) in [5.41, 5.74) is 0. The fraction of sp³-hybridized carbons (Fsp3) is 0.308. The van der Waals surface area contributed by atoms with E-state index in [2.05, 4.69) is 11.3 Å². The molecule has 2 N–H and O–H groups in total. The molecule has 0 fully saturated rings. The van der Waals surface area contributed by atoms with Crippen molar-refractivity contribution in [2.45, 2.75) is 17.4 Å². The number of hydrogen-bond acceptors (Lipinski definition) is 5. The first-order valence-electron chi connectivity index (χ1n) is 5.93. The first-order valence-corrected chi connectivity index (χ1v) is 7.42. The average Bonchev–Trinajstić information content (AvgIpc) is 2.45. The lowest BCUT2D eigenvalue weighted by Crippen LogP contribution is -2.40. The van der Waals surface area contributed by atoms with Crippen LogP contribution in [-0.4, -0.2) is 39.8 Å². The maximum absolute atomic E-state index is 12.2. The summed E-state index contributed by atoms with van der Waals surface area (Å²) in [6.45, 7) is 3.40. The van der Waals surface area contributed by atoms with E-state index in [0.717, 1.165) is 0 Å². The lowest BCUT2D eigenvalue weighted by Gasteiger charge is -2.14. The van der Waals surface area contributed by atoms with Crippen LogP contribution in [0.4, 0.5) is 0 Å². The molecule has 1 rings (SSSR count). The number of benzene rings is 1. The van der Waals surface area contributed by atoms with Gasteiger partial charge in [0.25, 0.3) is 0 Å². The van der Waals surface area contributed by atoms with Crippen LogP contribution in [-0.2, 0) is 14.8 Å². The van der Waals surface area contributed by atoms with Gasteiger partial charge in [0.05, 0.1) is 19.1 Å². The Labute approximate surface area is 123 Å².